The average molecular weight is 301 g/mol. The maximum absolute atomic E-state index is 10.6. The van der Waals surface area contributed by atoms with Crippen LogP contribution in [-0.4, -0.2) is 17.8 Å². The predicted octanol–water partition coefficient (Wildman–Crippen LogP) is 3.52. The number of ether oxygens (including phenoxy) is 1. The number of halogens is 1. The highest BCUT2D eigenvalue weighted by molar-refractivity contribution is 6.30. The fourth-order valence-corrected chi connectivity index (χ4v) is 3.77. The van der Waals surface area contributed by atoms with E-state index in [0.29, 0.717) is 13.0 Å². The number of aliphatic hydroxyl groups excluding tert-OH is 1. The van der Waals surface area contributed by atoms with Gasteiger partial charge in [0.1, 0.15) is 5.75 Å². The van der Waals surface area contributed by atoms with Gasteiger partial charge in [-0.2, -0.15) is 0 Å². The highest BCUT2D eigenvalue weighted by Gasteiger charge is 2.32. The van der Waals surface area contributed by atoms with Gasteiger partial charge in [0.25, 0.3) is 0 Å². The van der Waals surface area contributed by atoms with Crippen LogP contribution in [0.5, 0.6) is 5.75 Å². The molecule has 1 N–H and O–H groups in total. The summed E-state index contributed by atoms with van der Waals surface area (Å²) in [6.07, 6.45) is 2.08. The first kappa shape index (κ1) is 13.2. The van der Waals surface area contributed by atoms with Gasteiger partial charge in [0, 0.05) is 23.8 Å². The van der Waals surface area contributed by atoms with Crippen molar-refractivity contribution in [1.82, 2.24) is 0 Å². The van der Waals surface area contributed by atoms with Gasteiger partial charge in [0.2, 0.25) is 0 Å². The summed E-state index contributed by atoms with van der Waals surface area (Å²) in [5, 5.41) is 11.3. The second-order valence-electron chi connectivity index (χ2n) is 5.93. The molecule has 0 amide bonds. The third-order valence-electron chi connectivity index (χ3n) is 4.61. The van der Waals surface area contributed by atoms with Crippen LogP contribution in [0.4, 0.5) is 0 Å². The molecule has 2 aliphatic rings. The van der Waals surface area contributed by atoms with Crippen LogP contribution >= 0.6 is 11.6 Å². The molecule has 3 heteroatoms. The summed E-state index contributed by atoms with van der Waals surface area (Å²) in [6, 6.07) is 12.2. The van der Waals surface area contributed by atoms with E-state index in [1.807, 2.05) is 18.2 Å². The first-order chi connectivity index (χ1) is 10.2. The summed E-state index contributed by atoms with van der Waals surface area (Å²) in [6.45, 7) is 0.713. The zero-order valence-electron chi connectivity index (χ0n) is 11.7. The van der Waals surface area contributed by atoms with Crippen molar-refractivity contribution in [2.45, 2.75) is 31.3 Å². The fraction of sp³-hybridized carbons (Fsp3) is 0.333. The van der Waals surface area contributed by atoms with Crippen LogP contribution in [0.25, 0.3) is 0 Å². The predicted molar refractivity (Wildman–Crippen MR) is 83.2 cm³/mol. The molecule has 2 atom stereocenters. The Kier molecular flexibility index (Phi) is 3.16. The molecule has 0 saturated heterocycles. The number of benzene rings is 2. The average Bonchev–Trinajstić information content (AvgIpc) is 2.88. The van der Waals surface area contributed by atoms with Crippen molar-refractivity contribution >= 4 is 11.6 Å². The number of hydrogen-bond acceptors (Lipinski definition) is 2. The van der Waals surface area contributed by atoms with Gasteiger partial charge in [-0.1, -0.05) is 35.9 Å². The first-order valence-electron chi connectivity index (χ1n) is 7.42. The molecular formula is C18H17ClO2. The molecule has 2 aromatic rings. The monoisotopic (exact) mass is 300 g/mol. The molecular weight excluding hydrogens is 284 g/mol. The number of aliphatic hydroxyl groups is 1. The highest BCUT2D eigenvalue weighted by atomic mass is 35.5. The summed E-state index contributed by atoms with van der Waals surface area (Å²) in [5.74, 6) is 1.17. The summed E-state index contributed by atoms with van der Waals surface area (Å²) < 4.78 is 5.72. The van der Waals surface area contributed by atoms with E-state index < -0.39 is 0 Å². The van der Waals surface area contributed by atoms with Gasteiger partial charge in [-0.3, -0.25) is 0 Å². The second-order valence-corrected chi connectivity index (χ2v) is 6.37. The van der Waals surface area contributed by atoms with Crippen molar-refractivity contribution in [2.24, 2.45) is 0 Å². The molecule has 0 spiro atoms. The zero-order chi connectivity index (χ0) is 14.4. The molecule has 1 aliphatic carbocycles. The van der Waals surface area contributed by atoms with Crippen LogP contribution in [0.1, 0.15) is 28.2 Å². The fourth-order valence-electron chi connectivity index (χ4n) is 3.51. The molecule has 0 radical (unpaired) electrons. The summed E-state index contributed by atoms with van der Waals surface area (Å²) >= 11 is 6.18. The lowest BCUT2D eigenvalue weighted by Gasteiger charge is -2.34. The van der Waals surface area contributed by atoms with Crippen LogP contribution < -0.4 is 4.74 Å². The Labute approximate surface area is 129 Å². The van der Waals surface area contributed by atoms with E-state index in [9.17, 15) is 5.11 Å². The lowest BCUT2D eigenvalue weighted by molar-refractivity contribution is 0.132. The molecule has 1 aliphatic heterocycles. The van der Waals surface area contributed by atoms with Crippen molar-refractivity contribution in [1.29, 1.82) is 0 Å². The van der Waals surface area contributed by atoms with E-state index in [2.05, 4.69) is 18.2 Å². The van der Waals surface area contributed by atoms with E-state index in [4.69, 9.17) is 16.3 Å². The zero-order valence-corrected chi connectivity index (χ0v) is 12.4. The highest BCUT2D eigenvalue weighted by Crippen LogP contribution is 2.40. The van der Waals surface area contributed by atoms with E-state index >= 15 is 0 Å². The third-order valence-corrected chi connectivity index (χ3v) is 4.83. The lowest BCUT2D eigenvalue weighted by atomic mass is 9.73. The number of hydrogen-bond donors (Lipinski definition) is 1. The van der Waals surface area contributed by atoms with Crippen LogP contribution in [0.15, 0.2) is 36.4 Å². The van der Waals surface area contributed by atoms with E-state index in [1.54, 1.807) is 0 Å². The maximum atomic E-state index is 10.6. The normalized spacial score (nSPS) is 20.2. The standard InChI is InChI=1S/C18H17ClO2/c19-14-7-12-5-6-21-18(12)13(8-14)10-17(20)16-9-11-3-1-2-4-15(11)16/h1-4,7-8,16-17,20H,5-6,9-10H2. The van der Waals surface area contributed by atoms with Gasteiger partial charge in [-0.05, 0) is 40.8 Å². The summed E-state index contributed by atoms with van der Waals surface area (Å²) in [4.78, 5) is 0. The van der Waals surface area contributed by atoms with Crippen molar-refractivity contribution in [3.8, 4) is 5.75 Å². The Bertz CT molecular complexity index is 696. The van der Waals surface area contributed by atoms with Crippen LogP contribution in [0.2, 0.25) is 5.02 Å². The third kappa shape index (κ3) is 2.23. The SMILES string of the molecule is OC(Cc1cc(Cl)cc2c1OCC2)C1Cc2ccccc21. The smallest absolute Gasteiger partial charge is 0.126 e. The molecule has 1 heterocycles. The van der Waals surface area contributed by atoms with Crippen LogP contribution in [0, 0.1) is 0 Å². The van der Waals surface area contributed by atoms with Crippen molar-refractivity contribution in [3.05, 3.63) is 63.7 Å². The Balaban J connectivity index is 1.58. The van der Waals surface area contributed by atoms with Gasteiger partial charge in [0.15, 0.2) is 0 Å². The van der Waals surface area contributed by atoms with E-state index in [-0.39, 0.29) is 12.0 Å². The Hall–Kier alpha value is -1.51. The van der Waals surface area contributed by atoms with Crippen molar-refractivity contribution in [2.75, 3.05) is 6.61 Å². The van der Waals surface area contributed by atoms with Gasteiger partial charge >= 0.3 is 0 Å². The minimum atomic E-state index is -0.383. The van der Waals surface area contributed by atoms with Crippen LogP contribution in [-0.2, 0) is 19.3 Å². The summed E-state index contributed by atoms with van der Waals surface area (Å²) in [7, 11) is 0. The molecule has 0 aromatic heterocycles. The topological polar surface area (TPSA) is 29.5 Å². The van der Waals surface area contributed by atoms with E-state index in [1.165, 1.54) is 16.7 Å². The Morgan fingerprint density at radius 3 is 2.95 bits per heavy atom. The minimum Gasteiger partial charge on any atom is -0.493 e. The molecule has 0 fully saturated rings. The minimum absolute atomic E-state index is 0.234. The van der Waals surface area contributed by atoms with E-state index in [0.717, 1.165) is 29.2 Å². The Morgan fingerprint density at radius 2 is 2.10 bits per heavy atom. The van der Waals surface area contributed by atoms with Gasteiger partial charge in [-0.15, -0.1) is 0 Å². The van der Waals surface area contributed by atoms with Gasteiger partial charge < -0.3 is 9.84 Å². The molecule has 0 saturated carbocycles. The van der Waals surface area contributed by atoms with Gasteiger partial charge in [0.05, 0.1) is 12.7 Å². The maximum Gasteiger partial charge on any atom is 0.126 e. The number of fused-ring (bicyclic) bond motifs is 2. The Morgan fingerprint density at radius 1 is 1.24 bits per heavy atom. The molecule has 4 rings (SSSR count). The van der Waals surface area contributed by atoms with Crippen LogP contribution in [0.3, 0.4) is 0 Å². The quantitative estimate of drug-likeness (QED) is 0.940. The van der Waals surface area contributed by atoms with Crippen molar-refractivity contribution in [3.63, 3.8) is 0 Å². The molecule has 2 nitrogen and oxygen atoms in total. The first-order valence-corrected chi connectivity index (χ1v) is 7.80. The molecule has 21 heavy (non-hydrogen) atoms. The largest absolute Gasteiger partial charge is 0.493 e. The summed E-state index contributed by atoms with van der Waals surface area (Å²) in [5.41, 5.74) is 4.84. The van der Waals surface area contributed by atoms with Gasteiger partial charge in [-0.25, -0.2) is 0 Å². The molecule has 108 valence electrons. The molecule has 0 bridgehead atoms. The van der Waals surface area contributed by atoms with Crippen molar-refractivity contribution < 1.29 is 9.84 Å². The molecule has 2 aromatic carbocycles. The lowest BCUT2D eigenvalue weighted by Crippen LogP contribution is -2.30. The second kappa shape index (κ2) is 5.04. The molecule has 2 unspecified atom stereocenters. The number of rotatable bonds is 3.